The van der Waals surface area contributed by atoms with Gasteiger partial charge in [-0.05, 0) is 20.3 Å². The minimum Gasteiger partial charge on any atom is -0.382 e. The second-order valence-corrected chi connectivity index (χ2v) is 4.06. The van der Waals surface area contributed by atoms with Crippen LogP contribution in [0.15, 0.2) is 0 Å². The molecule has 0 atom stereocenters. The summed E-state index contributed by atoms with van der Waals surface area (Å²) in [7, 11) is 1.70. The van der Waals surface area contributed by atoms with Gasteiger partial charge in [0.25, 0.3) is 5.91 Å². The van der Waals surface area contributed by atoms with E-state index < -0.39 is 0 Å². The molecule has 1 heterocycles. The van der Waals surface area contributed by atoms with Crippen LogP contribution in [0.25, 0.3) is 0 Å². The van der Waals surface area contributed by atoms with E-state index in [-0.39, 0.29) is 5.91 Å². The summed E-state index contributed by atoms with van der Waals surface area (Å²) in [5, 5.41) is 7.29. The van der Waals surface area contributed by atoms with Gasteiger partial charge in [0, 0.05) is 26.8 Å². The van der Waals surface area contributed by atoms with Gasteiger partial charge < -0.3 is 10.1 Å². The van der Waals surface area contributed by atoms with E-state index in [4.69, 9.17) is 16.3 Å². The number of ether oxygens (including phenoxy) is 1. The van der Waals surface area contributed by atoms with Crippen LogP contribution in [0, 0.1) is 6.92 Å². The molecule has 0 bridgehead atoms. The van der Waals surface area contributed by atoms with Gasteiger partial charge in [0.15, 0.2) is 0 Å². The number of halogens is 1. The van der Waals surface area contributed by atoms with Crippen LogP contribution < -0.4 is 5.32 Å². The third-order valence-electron chi connectivity index (χ3n) is 2.32. The molecule has 1 aromatic rings. The minimum absolute atomic E-state index is 0.199. The van der Waals surface area contributed by atoms with Crippen molar-refractivity contribution in [3.63, 3.8) is 0 Å². The highest BCUT2D eigenvalue weighted by Crippen LogP contribution is 2.18. The molecule has 6 heteroatoms. The number of carbonyl (C=O) groups excluding carboxylic acids is 1. The number of aryl methyl sites for hydroxylation is 2. The monoisotopic (exact) mass is 259 g/mol. The van der Waals surface area contributed by atoms with E-state index in [0.29, 0.717) is 36.2 Å². The van der Waals surface area contributed by atoms with Gasteiger partial charge >= 0.3 is 0 Å². The molecule has 0 fully saturated rings. The molecule has 0 saturated heterocycles. The Kier molecular flexibility index (Phi) is 5.44. The SMILES string of the molecule is CCOCCCNC(=O)c1c(Cl)c(C)nn1C. The average molecular weight is 260 g/mol. The molecule has 0 aliphatic heterocycles. The standard InChI is InChI=1S/C11H18ClN3O2/c1-4-17-7-5-6-13-11(16)10-9(12)8(2)14-15(10)3/h4-7H2,1-3H3,(H,13,16). The first-order valence-corrected chi connectivity index (χ1v) is 6.00. The Labute approximate surface area is 106 Å². The summed E-state index contributed by atoms with van der Waals surface area (Å²) in [5.41, 5.74) is 1.06. The van der Waals surface area contributed by atoms with Crippen molar-refractivity contribution in [3.8, 4) is 0 Å². The molecule has 0 saturated carbocycles. The quantitative estimate of drug-likeness (QED) is 0.789. The van der Waals surface area contributed by atoms with Crippen molar-refractivity contribution in [2.24, 2.45) is 7.05 Å². The number of hydrogen-bond donors (Lipinski definition) is 1. The van der Waals surface area contributed by atoms with Crippen molar-refractivity contribution in [1.29, 1.82) is 0 Å². The number of aromatic nitrogens is 2. The lowest BCUT2D eigenvalue weighted by Gasteiger charge is -2.05. The predicted molar refractivity (Wildman–Crippen MR) is 66.4 cm³/mol. The minimum atomic E-state index is -0.199. The van der Waals surface area contributed by atoms with Crippen LogP contribution in [0.4, 0.5) is 0 Å². The summed E-state index contributed by atoms with van der Waals surface area (Å²) in [6.45, 7) is 5.62. The highest BCUT2D eigenvalue weighted by atomic mass is 35.5. The molecule has 0 unspecified atom stereocenters. The zero-order valence-corrected chi connectivity index (χ0v) is 11.2. The maximum atomic E-state index is 11.8. The van der Waals surface area contributed by atoms with E-state index in [2.05, 4.69) is 10.4 Å². The van der Waals surface area contributed by atoms with E-state index >= 15 is 0 Å². The fraction of sp³-hybridized carbons (Fsp3) is 0.636. The zero-order valence-electron chi connectivity index (χ0n) is 10.4. The van der Waals surface area contributed by atoms with Crippen molar-refractivity contribution < 1.29 is 9.53 Å². The van der Waals surface area contributed by atoms with Gasteiger partial charge in [-0.15, -0.1) is 0 Å². The number of nitrogens with zero attached hydrogens (tertiary/aromatic N) is 2. The molecule has 1 aromatic heterocycles. The van der Waals surface area contributed by atoms with Crippen molar-refractivity contribution in [1.82, 2.24) is 15.1 Å². The highest BCUT2D eigenvalue weighted by molar-refractivity contribution is 6.34. The first kappa shape index (κ1) is 14.0. The van der Waals surface area contributed by atoms with E-state index in [1.165, 1.54) is 4.68 Å². The van der Waals surface area contributed by atoms with Gasteiger partial charge in [0.05, 0.1) is 10.7 Å². The molecule has 17 heavy (non-hydrogen) atoms. The predicted octanol–water partition coefficient (Wildman–Crippen LogP) is 1.54. The Morgan fingerprint density at radius 3 is 2.82 bits per heavy atom. The molecule has 0 aliphatic rings. The van der Waals surface area contributed by atoms with Crippen molar-refractivity contribution >= 4 is 17.5 Å². The molecule has 0 spiro atoms. The Bertz CT molecular complexity index is 390. The van der Waals surface area contributed by atoms with Gasteiger partial charge in [0.2, 0.25) is 0 Å². The number of rotatable bonds is 6. The summed E-state index contributed by atoms with van der Waals surface area (Å²) < 4.78 is 6.67. The van der Waals surface area contributed by atoms with Crippen LogP contribution in [0.1, 0.15) is 29.5 Å². The van der Waals surface area contributed by atoms with Gasteiger partial charge in [-0.25, -0.2) is 0 Å². The Morgan fingerprint density at radius 1 is 1.59 bits per heavy atom. The fourth-order valence-corrected chi connectivity index (χ4v) is 1.73. The Hall–Kier alpha value is -1.07. The van der Waals surface area contributed by atoms with Crippen LogP contribution in [0.5, 0.6) is 0 Å². The van der Waals surface area contributed by atoms with Gasteiger partial charge in [0.1, 0.15) is 5.69 Å². The Morgan fingerprint density at radius 2 is 2.29 bits per heavy atom. The molecule has 1 N–H and O–H groups in total. The molecule has 5 nitrogen and oxygen atoms in total. The van der Waals surface area contributed by atoms with Gasteiger partial charge in [-0.3, -0.25) is 9.48 Å². The number of nitrogens with one attached hydrogen (secondary N) is 1. The zero-order chi connectivity index (χ0) is 12.8. The Balaban J connectivity index is 2.47. The first-order valence-electron chi connectivity index (χ1n) is 5.63. The summed E-state index contributed by atoms with van der Waals surface area (Å²) >= 11 is 6.00. The lowest BCUT2D eigenvalue weighted by molar-refractivity contribution is 0.0935. The molecule has 1 rings (SSSR count). The fourth-order valence-electron chi connectivity index (χ4n) is 1.48. The molecule has 96 valence electrons. The van der Waals surface area contributed by atoms with Crippen LogP contribution in [0.3, 0.4) is 0 Å². The van der Waals surface area contributed by atoms with Crippen LogP contribution in [0.2, 0.25) is 5.02 Å². The molecule has 1 amide bonds. The maximum absolute atomic E-state index is 11.8. The molecular formula is C11H18ClN3O2. The largest absolute Gasteiger partial charge is 0.382 e. The van der Waals surface area contributed by atoms with Crippen LogP contribution in [-0.4, -0.2) is 35.4 Å². The van der Waals surface area contributed by atoms with E-state index in [9.17, 15) is 4.79 Å². The average Bonchev–Trinajstić information content (AvgIpc) is 2.53. The van der Waals surface area contributed by atoms with Crippen molar-refractivity contribution in [2.45, 2.75) is 20.3 Å². The number of carbonyl (C=O) groups is 1. The third-order valence-corrected chi connectivity index (χ3v) is 2.77. The van der Waals surface area contributed by atoms with Crippen molar-refractivity contribution in [2.75, 3.05) is 19.8 Å². The second-order valence-electron chi connectivity index (χ2n) is 3.68. The van der Waals surface area contributed by atoms with Crippen LogP contribution in [-0.2, 0) is 11.8 Å². The summed E-state index contributed by atoms with van der Waals surface area (Å²) in [6, 6.07) is 0. The maximum Gasteiger partial charge on any atom is 0.271 e. The summed E-state index contributed by atoms with van der Waals surface area (Å²) in [6.07, 6.45) is 0.786. The second kappa shape index (κ2) is 6.61. The smallest absolute Gasteiger partial charge is 0.271 e. The van der Waals surface area contributed by atoms with E-state index in [1.807, 2.05) is 6.92 Å². The molecule has 0 radical (unpaired) electrons. The third kappa shape index (κ3) is 3.71. The van der Waals surface area contributed by atoms with Crippen molar-refractivity contribution in [3.05, 3.63) is 16.4 Å². The first-order chi connectivity index (χ1) is 8.07. The van der Waals surface area contributed by atoms with E-state index in [0.717, 1.165) is 6.42 Å². The van der Waals surface area contributed by atoms with Gasteiger partial charge in [-0.2, -0.15) is 5.10 Å². The summed E-state index contributed by atoms with van der Waals surface area (Å²) in [5.74, 6) is -0.199. The number of hydrogen-bond acceptors (Lipinski definition) is 3. The lowest BCUT2D eigenvalue weighted by Crippen LogP contribution is -2.27. The van der Waals surface area contributed by atoms with Crippen LogP contribution >= 0.6 is 11.6 Å². The number of amides is 1. The molecule has 0 aliphatic carbocycles. The normalized spacial score (nSPS) is 10.6. The lowest BCUT2D eigenvalue weighted by atomic mass is 10.3. The van der Waals surface area contributed by atoms with E-state index in [1.54, 1.807) is 14.0 Å². The van der Waals surface area contributed by atoms with Gasteiger partial charge in [-0.1, -0.05) is 11.6 Å². The molecule has 0 aromatic carbocycles. The molecular weight excluding hydrogens is 242 g/mol. The topological polar surface area (TPSA) is 56.1 Å². The summed E-state index contributed by atoms with van der Waals surface area (Å²) in [4.78, 5) is 11.8. The highest BCUT2D eigenvalue weighted by Gasteiger charge is 2.17.